The van der Waals surface area contributed by atoms with E-state index in [0.717, 1.165) is 25.7 Å². The van der Waals surface area contributed by atoms with E-state index in [-0.39, 0.29) is 12.1 Å². The van der Waals surface area contributed by atoms with Crippen molar-refractivity contribution in [3.63, 3.8) is 0 Å². The molecule has 0 saturated heterocycles. The Morgan fingerprint density at radius 2 is 1.70 bits per heavy atom. The average Bonchev–Trinajstić information content (AvgIpc) is 2.77. The second-order valence-electron chi connectivity index (χ2n) is 6.28. The number of nitrogens with one attached hydrogen (secondary N) is 2. The maximum absolute atomic E-state index is 12.1. The predicted molar refractivity (Wildman–Crippen MR) is 90.5 cm³/mol. The summed E-state index contributed by atoms with van der Waals surface area (Å²) in [6, 6.07) is 7.25. The molecule has 0 aromatic heterocycles. The number of para-hydroxylation sites is 2. The van der Waals surface area contributed by atoms with Crippen molar-refractivity contribution in [2.75, 3.05) is 5.32 Å². The Labute approximate surface area is 137 Å². The largest absolute Gasteiger partial charge is 0.489 e. The molecule has 0 aliphatic heterocycles. The van der Waals surface area contributed by atoms with Crippen molar-refractivity contribution in [2.24, 2.45) is 0 Å². The number of amides is 2. The molecule has 2 rings (SSSR count). The number of carbonyl (C=O) groups is 2. The highest BCUT2D eigenvalue weighted by atomic mass is 16.5. The van der Waals surface area contributed by atoms with E-state index in [1.165, 1.54) is 12.8 Å². The van der Waals surface area contributed by atoms with Crippen LogP contribution in [0, 0.1) is 0 Å². The predicted octanol–water partition coefficient (Wildman–Crippen LogP) is 3.25. The molecule has 1 fully saturated rings. The zero-order valence-electron chi connectivity index (χ0n) is 13.9. The minimum absolute atomic E-state index is 0.00660. The van der Waals surface area contributed by atoms with E-state index in [4.69, 9.17) is 4.74 Å². The van der Waals surface area contributed by atoms with Gasteiger partial charge in [0, 0.05) is 6.04 Å². The standard InChI is InChI=1S/C18H26N2O3/c1-13(2)23-16-12-8-7-11-15(16)20-18(22)17(21)19-14-9-5-3-4-6-10-14/h7-8,11-14H,3-6,9-10H2,1-2H3,(H,19,21)(H,20,22). The zero-order chi connectivity index (χ0) is 16.7. The quantitative estimate of drug-likeness (QED) is 0.661. The summed E-state index contributed by atoms with van der Waals surface area (Å²) in [4.78, 5) is 24.2. The third-order valence-corrected chi connectivity index (χ3v) is 3.89. The molecule has 2 N–H and O–H groups in total. The van der Waals surface area contributed by atoms with Crippen LogP contribution in [0.4, 0.5) is 5.69 Å². The first-order valence-electron chi connectivity index (χ1n) is 8.44. The van der Waals surface area contributed by atoms with Crippen molar-refractivity contribution in [1.29, 1.82) is 0 Å². The van der Waals surface area contributed by atoms with Crippen LogP contribution in [0.5, 0.6) is 5.75 Å². The third-order valence-electron chi connectivity index (χ3n) is 3.89. The Balaban J connectivity index is 1.94. The van der Waals surface area contributed by atoms with Gasteiger partial charge in [-0.1, -0.05) is 37.8 Å². The lowest BCUT2D eigenvalue weighted by Crippen LogP contribution is -2.41. The Morgan fingerprint density at radius 3 is 2.35 bits per heavy atom. The number of hydrogen-bond donors (Lipinski definition) is 2. The second kappa shape index (κ2) is 8.56. The van der Waals surface area contributed by atoms with E-state index in [2.05, 4.69) is 10.6 Å². The second-order valence-corrected chi connectivity index (χ2v) is 6.28. The fraction of sp³-hybridized carbons (Fsp3) is 0.556. The van der Waals surface area contributed by atoms with E-state index in [1.807, 2.05) is 19.9 Å². The maximum Gasteiger partial charge on any atom is 0.313 e. The first-order valence-corrected chi connectivity index (χ1v) is 8.44. The van der Waals surface area contributed by atoms with Gasteiger partial charge in [0.05, 0.1) is 11.8 Å². The van der Waals surface area contributed by atoms with E-state index < -0.39 is 11.8 Å². The van der Waals surface area contributed by atoms with Gasteiger partial charge in [0.25, 0.3) is 0 Å². The molecular formula is C18H26N2O3. The molecule has 0 radical (unpaired) electrons. The molecule has 1 aliphatic rings. The van der Waals surface area contributed by atoms with Crippen molar-refractivity contribution in [3.05, 3.63) is 24.3 Å². The van der Waals surface area contributed by atoms with Gasteiger partial charge in [-0.3, -0.25) is 9.59 Å². The van der Waals surface area contributed by atoms with Crippen molar-refractivity contribution in [3.8, 4) is 5.75 Å². The Morgan fingerprint density at radius 1 is 1.04 bits per heavy atom. The third kappa shape index (κ3) is 5.58. The van der Waals surface area contributed by atoms with Gasteiger partial charge in [-0.15, -0.1) is 0 Å². The van der Waals surface area contributed by atoms with Crippen LogP contribution in [0.25, 0.3) is 0 Å². The van der Waals surface area contributed by atoms with Crippen LogP contribution in [-0.2, 0) is 9.59 Å². The lowest BCUT2D eigenvalue weighted by molar-refractivity contribution is -0.136. The summed E-state index contributed by atoms with van der Waals surface area (Å²) < 4.78 is 5.65. The average molecular weight is 318 g/mol. The molecule has 2 amide bonds. The molecule has 0 bridgehead atoms. The van der Waals surface area contributed by atoms with Crippen molar-refractivity contribution in [1.82, 2.24) is 5.32 Å². The number of rotatable bonds is 4. The van der Waals surface area contributed by atoms with Gasteiger partial charge in [0.1, 0.15) is 5.75 Å². The van der Waals surface area contributed by atoms with Gasteiger partial charge in [-0.25, -0.2) is 0 Å². The monoisotopic (exact) mass is 318 g/mol. The molecule has 0 atom stereocenters. The topological polar surface area (TPSA) is 67.4 Å². The number of ether oxygens (including phenoxy) is 1. The Kier molecular flexibility index (Phi) is 6.44. The van der Waals surface area contributed by atoms with E-state index in [9.17, 15) is 9.59 Å². The minimum Gasteiger partial charge on any atom is -0.489 e. The van der Waals surface area contributed by atoms with E-state index in [1.54, 1.807) is 18.2 Å². The smallest absolute Gasteiger partial charge is 0.313 e. The summed E-state index contributed by atoms with van der Waals surface area (Å²) in [5.41, 5.74) is 0.516. The normalized spacial score (nSPS) is 15.8. The van der Waals surface area contributed by atoms with Crippen LogP contribution >= 0.6 is 0 Å². The highest BCUT2D eigenvalue weighted by molar-refractivity contribution is 6.39. The molecule has 1 aromatic rings. The maximum atomic E-state index is 12.1. The molecule has 0 unspecified atom stereocenters. The lowest BCUT2D eigenvalue weighted by Gasteiger charge is -2.17. The SMILES string of the molecule is CC(C)Oc1ccccc1NC(=O)C(=O)NC1CCCCCC1. The molecule has 0 spiro atoms. The molecule has 23 heavy (non-hydrogen) atoms. The van der Waals surface area contributed by atoms with Crippen LogP contribution in [0.3, 0.4) is 0 Å². The van der Waals surface area contributed by atoms with Crippen molar-refractivity contribution in [2.45, 2.75) is 64.5 Å². The van der Waals surface area contributed by atoms with Crippen LogP contribution in [0.2, 0.25) is 0 Å². The number of anilines is 1. The molecule has 5 nitrogen and oxygen atoms in total. The highest BCUT2D eigenvalue weighted by Crippen LogP contribution is 2.24. The zero-order valence-corrected chi connectivity index (χ0v) is 13.9. The van der Waals surface area contributed by atoms with Gasteiger partial charge in [-0.05, 0) is 38.8 Å². The molecule has 126 valence electrons. The molecule has 1 aliphatic carbocycles. The summed E-state index contributed by atoms with van der Waals surface area (Å²) in [6.07, 6.45) is 6.53. The fourth-order valence-electron chi connectivity index (χ4n) is 2.78. The van der Waals surface area contributed by atoms with Crippen molar-refractivity contribution < 1.29 is 14.3 Å². The fourth-order valence-corrected chi connectivity index (χ4v) is 2.78. The molecule has 0 heterocycles. The molecular weight excluding hydrogens is 292 g/mol. The van der Waals surface area contributed by atoms with Gasteiger partial charge < -0.3 is 15.4 Å². The lowest BCUT2D eigenvalue weighted by atomic mass is 10.1. The number of benzene rings is 1. The van der Waals surface area contributed by atoms with Crippen molar-refractivity contribution >= 4 is 17.5 Å². The van der Waals surface area contributed by atoms with Gasteiger partial charge in [0.15, 0.2) is 0 Å². The summed E-state index contributed by atoms with van der Waals surface area (Å²) in [5, 5.41) is 5.49. The van der Waals surface area contributed by atoms with Crippen LogP contribution in [-0.4, -0.2) is 24.0 Å². The van der Waals surface area contributed by atoms with Gasteiger partial charge in [0.2, 0.25) is 0 Å². The van der Waals surface area contributed by atoms with Gasteiger partial charge >= 0.3 is 11.8 Å². The van der Waals surface area contributed by atoms with Crippen LogP contribution < -0.4 is 15.4 Å². The summed E-state index contributed by atoms with van der Waals surface area (Å²) >= 11 is 0. The highest BCUT2D eigenvalue weighted by Gasteiger charge is 2.20. The van der Waals surface area contributed by atoms with E-state index >= 15 is 0 Å². The first-order chi connectivity index (χ1) is 11.1. The van der Waals surface area contributed by atoms with Crippen LogP contribution in [0.1, 0.15) is 52.4 Å². The summed E-state index contributed by atoms with van der Waals surface area (Å²) in [7, 11) is 0. The molecule has 5 heteroatoms. The summed E-state index contributed by atoms with van der Waals surface area (Å²) in [6.45, 7) is 3.83. The Hall–Kier alpha value is -2.04. The molecule has 1 saturated carbocycles. The van der Waals surface area contributed by atoms with Gasteiger partial charge in [-0.2, -0.15) is 0 Å². The Bertz CT molecular complexity index is 535. The minimum atomic E-state index is -0.644. The van der Waals surface area contributed by atoms with Crippen LogP contribution in [0.15, 0.2) is 24.3 Å². The number of hydrogen-bond acceptors (Lipinski definition) is 3. The number of carbonyl (C=O) groups excluding carboxylic acids is 2. The first kappa shape index (κ1) is 17.3. The molecule has 1 aromatic carbocycles. The van der Waals surface area contributed by atoms with E-state index in [0.29, 0.717) is 11.4 Å². The summed E-state index contributed by atoms with van der Waals surface area (Å²) in [5.74, 6) is -0.650.